The molecule has 7 nitrogen and oxygen atoms in total. The Hall–Kier alpha value is -4.46. The molecule has 0 unspecified atom stereocenters. The Bertz CT molecular complexity index is 1560. The Morgan fingerprint density at radius 1 is 0.956 bits per heavy atom. The molecule has 5 rings (SSSR count). The fraction of sp³-hybridized carbons (Fsp3) is 0.316. The minimum absolute atomic E-state index is 0.00191. The van der Waals surface area contributed by atoms with Crippen molar-refractivity contribution in [2.75, 3.05) is 32.1 Å². The summed E-state index contributed by atoms with van der Waals surface area (Å²) in [6.45, 7) is 5.71. The van der Waals surface area contributed by atoms with Crippen LogP contribution in [-0.4, -0.2) is 65.6 Å². The van der Waals surface area contributed by atoms with E-state index < -0.39 is 0 Å². The lowest BCUT2D eigenvalue weighted by atomic mass is 10.0. The van der Waals surface area contributed by atoms with Crippen molar-refractivity contribution in [2.24, 2.45) is 5.92 Å². The van der Waals surface area contributed by atoms with E-state index in [-0.39, 0.29) is 49.3 Å². The van der Waals surface area contributed by atoms with E-state index in [0.29, 0.717) is 30.1 Å². The van der Waals surface area contributed by atoms with E-state index in [4.69, 9.17) is 4.74 Å². The van der Waals surface area contributed by atoms with Crippen LogP contribution in [0.5, 0.6) is 5.75 Å². The normalized spacial score (nSPS) is 17.4. The standard InChI is InChI=1S/C38H43N3O4/c1-27-23-41(28(2)26-42)38(44)22-33-21-34(39-37(43)20-29-10-6-4-7-11-29)18-19-35(33)45-36(27)25-40(3)24-30-14-16-32(17-15-30)31-12-8-5-9-13-31/h4-19,21,27-28,36,42H,20,22-26H2,1-3H3,(H,39,43)/t27-,28-,36+/m0/s1. The van der Waals surface area contributed by atoms with E-state index >= 15 is 0 Å². The van der Waals surface area contributed by atoms with Gasteiger partial charge in [0.15, 0.2) is 0 Å². The Morgan fingerprint density at radius 3 is 2.31 bits per heavy atom. The van der Waals surface area contributed by atoms with Gasteiger partial charge in [0, 0.05) is 36.8 Å². The van der Waals surface area contributed by atoms with Crippen LogP contribution >= 0.6 is 0 Å². The number of benzene rings is 4. The smallest absolute Gasteiger partial charge is 0.228 e. The van der Waals surface area contributed by atoms with Crippen molar-refractivity contribution in [3.05, 3.63) is 120 Å². The second kappa shape index (κ2) is 15.0. The van der Waals surface area contributed by atoms with Crippen molar-refractivity contribution in [3.8, 4) is 16.9 Å². The number of fused-ring (bicyclic) bond motifs is 1. The van der Waals surface area contributed by atoms with E-state index in [1.807, 2.05) is 73.7 Å². The summed E-state index contributed by atoms with van der Waals surface area (Å²) in [4.78, 5) is 30.4. The van der Waals surface area contributed by atoms with Crippen LogP contribution < -0.4 is 10.1 Å². The molecule has 0 saturated carbocycles. The lowest BCUT2D eigenvalue weighted by Gasteiger charge is -2.34. The third kappa shape index (κ3) is 8.59. The van der Waals surface area contributed by atoms with Gasteiger partial charge in [-0.2, -0.15) is 0 Å². The molecule has 0 aromatic heterocycles. The molecule has 1 aliphatic rings. The predicted octanol–water partition coefficient (Wildman–Crippen LogP) is 5.82. The Morgan fingerprint density at radius 2 is 1.62 bits per heavy atom. The number of likely N-dealkylation sites (N-methyl/N-ethyl adjacent to an activating group) is 1. The Labute approximate surface area is 266 Å². The molecule has 0 spiro atoms. The van der Waals surface area contributed by atoms with E-state index in [0.717, 1.165) is 12.1 Å². The van der Waals surface area contributed by atoms with Crippen LogP contribution in [0.25, 0.3) is 11.1 Å². The molecule has 2 N–H and O–H groups in total. The molecule has 0 bridgehead atoms. The van der Waals surface area contributed by atoms with Crippen LogP contribution in [0.15, 0.2) is 103 Å². The highest BCUT2D eigenvalue weighted by Crippen LogP contribution is 2.29. The lowest BCUT2D eigenvalue weighted by molar-refractivity contribution is -0.134. The van der Waals surface area contributed by atoms with Crippen LogP contribution in [0, 0.1) is 5.92 Å². The van der Waals surface area contributed by atoms with Gasteiger partial charge in [-0.15, -0.1) is 0 Å². The number of ether oxygens (including phenoxy) is 1. The summed E-state index contributed by atoms with van der Waals surface area (Å²) in [5.74, 6) is 0.438. The maximum atomic E-state index is 13.6. The second-order valence-corrected chi connectivity index (χ2v) is 12.2. The molecular weight excluding hydrogens is 562 g/mol. The summed E-state index contributed by atoms with van der Waals surface area (Å²) in [5, 5.41) is 12.9. The van der Waals surface area contributed by atoms with Crippen LogP contribution in [-0.2, 0) is 29.0 Å². The summed E-state index contributed by atoms with van der Waals surface area (Å²) in [6.07, 6.45) is 0.163. The van der Waals surface area contributed by atoms with Crippen molar-refractivity contribution in [3.63, 3.8) is 0 Å². The fourth-order valence-corrected chi connectivity index (χ4v) is 5.83. The van der Waals surface area contributed by atoms with Crippen molar-refractivity contribution in [1.82, 2.24) is 9.80 Å². The molecule has 1 heterocycles. The maximum Gasteiger partial charge on any atom is 0.228 e. The molecule has 0 radical (unpaired) electrons. The first kappa shape index (κ1) is 31.9. The van der Waals surface area contributed by atoms with Crippen LogP contribution in [0.4, 0.5) is 5.69 Å². The highest BCUT2D eigenvalue weighted by Gasteiger charge is 2.31. The number of rotatable bonds is 10. The molecule has 2 amide bonds. The van der Waals surface area contributed by atoms with Crippen molar-refractivity contribution < 1.29 is 19.4 Å². The van der Waals surface area contributed by atoms with Crippen LogP contribution in [0.1, 0.15) is 30.5 Å². The SMILES string of the molecule is C[C@H]1CN([C@@H](C)CO)C(=O)Cc2cc(NC(=O)Cc3ccccc3)ccc2O[C@@H]1CN(C)Cc1ccc(-c2ccccc2)cc1. The van der Waals surface area contributed by atoms with Gasteiger partial charge in [0.25, 0.3) is 0 Å². The largest absolute Gasteiger partial charge is 0.488 e. The first-order valence-corrected chi connectivity index (χ1v) is 15.7. The molecule has 234 valence electrons. The van der Waals surface area contributed by atoms with Gasteiger partial charge in [-0.1, -0.05) is 91.9 Å². The number of aliphatic hydroxyl groups is 1. The summed E-state index contributed by atoms with van der Waals surface area (Å²) in [7, 11) is 2.08. The second-order valence-electron chi connectivity index (χ2n) is 12.2. The number of nitrogens with zero attached hydrogens (tertiary/aromatic N) is 2. The van der Waals surface area contributed by atoms with E-state index in [1.54, 1.807) is 4.90 Å². The van der Waals surface area contributed by atoms with Gasteiger partial charge in [-0.3, -0.25) is 14.5 Å². The monoisotopic (exact) mass is 605 g/mol. The molecule has 0 saturated heterocycles. The van der Waals surface area contributed by atoms with Gasteiger partial charge in [-0.05, 0) is 54.4 Å². The fourth-order valence-electron chi connectivity index (χ4n) is 5.83. The molecule has 4 aromatic rings. The van der Waals surface area contributed by atoms with E-state index in [1.165, 1.54) is 16.7 Å². The summed E-state index contributed by atoms with van der Waals surface area (Å²) in [5.41, 5.74) is 5.84. The summed E-state index contributed by atoms with van der Waals surface area (Å²) < 4.78 is 6.68. The third-order valence-electron chi connectivity index (χ3n) is 8.41. The Balaban J connectivity index is 1.33. The van der Waals surface area contributed by atoms with Crippen molar-refractivity contribution in [1.29, 1.82) is 0 Å². The average Bonchev–Trinajstić information content (AvgIpc) is 3.09. The Kier molecular flexibility index (Phi) is 10.7. The summed E-state index contributed by atoms with van der Waals surface area (Å²) >= 11 is 0. The number of carbonyl (C=O) groups excluding carboxylic acids is 2. The number of carbonyl (C=O) groups is 2. The number of amides is 2. The quantitative estimate of drug-likeness (QED) is 0.238. The number of aliphatic hydroxyl groups excluding tert-OH is 1. The zero-order chi connectivity index (χ0) is 31.8. The first-order valence-electron chi connectivity index (χ1n) is 15.7. The molecule has 3 atom stereocenters. The zero-order valence-electron chi connectivity index (χ0n) is 26.4. The number of hydrogen-bond acceptors (Lipinski definition) is 5. The maximum absolute atomic E-state index is 13.6. The molecule has 0 fully saturated rings. The molecule has 0 aliphatic carbocycles. The van der Waals surface area contributed by atoms with Crippen LogP contribution in [0.3, 0.4) is 0 Å². The van der Waals surface area contributed by atoms with Gasteiger partial charge in [0.05, 0.1) is 25.5 Å². The molecule has 4 aromatic carbocycles. The third-order valence-corrected chi connectivity index (χ3v) is 8.41. The first-order chi connectivity index (χ1) is 21.8. The van der Waals surface area contributed by atoms with Crippen molar-refractivity contribution >= 4 is 17.5 Å². The van der Waals surface area contributed by atoms with Gasteiger partial charge >= 0.3 is 0 Å². The molecule has 1 aliphatic heterocycles. The predicted molar refractivity (Wildman–Crippen MR) is 179 cm³/mol. The van der Waals surface area contributed by atoms with Crippen LogP contribution in [0.2, 0.25) is 0 Å². The van der Waals surface area contributed by atoms with Gasteiger partial charge in [-0.25, -0.2) is 0 Å². The number of hydrogen-bond donors (Lipinski definition) is 2. The topological polar surface area (TPSA) is 82.1 Å². The van der Waals surface area contributed by atoms with E-state index in [2.05, 4.69) is 60.6 Å². The number of anilines is 1. The highest BCUT2D eigenvalue weighted by atomic mass is 16.5. The van der Waals surface area contributed by atoms with Gasteiger partial charge in [0.2, 0.25) is 11.8 Å². The molecular formula is C38H43N3O4. The van der Waals surface area contributed by atoms with Gasteiger partial charge < -0.3 is 20.1 Å². The zero-order valence-corrected chi connectivity index (χ0v) is 26.4. The average molecular weight is 606 g/mol. The summed E-state index contributed by atoms with van der Waals surface area (Å²) in [6, 6.07) is 33.8. The molecule has 45 heavy (non-hydrogen) atoms. The lowest BCUT2D eigenvalue weighted by Crippen LogP contribution is -2.47. The van der Waals surface area contributed by atoms with E-state index in [9.17, 15) is 14.7 Å². The molecule has 7 heteroatoms. The number of nitrogens with one attached hydrogen (secondary N) is 1. The minimum atomic E-state index is -0.322. The minimum Gasteiger partial charge on any atom is -0.488 e. The van der Waals surface area contributed by atoms with Crippen molar-refractivity contribution in [2.45, 2.75) is 45.4 Å². The van der Waals surface area contributed by atoms with Gasteiger partial charge in [0.1, 0.15) is 11.9 Å². The highest BCUT2D eigenvalue weighted by molar-refractivity contribution is 5.92.